The maximum Gasteiger partial charge on any atom is 0.231 e. The number of nitrogens with zero attached hydrogens (tertiary/aromatic N) is 2. The number of likely N-dealkylation sites (tertiary alicyclic amines) is 1. The summed E-state index contributed by atoms with van der Waals surface area (Å²) >= 11 is 1.78. The minimum atomic E-state index is 0.229. The lowest BCUT2D eigenvalue weighted by molar-refractivity contribution is -0.132. The summed E-state index contributed by atoms with van der Waals surface area (Å²) in [4.78, 5) is 18.7. The molecule has 188 valence electrons. The Morgan fingerprint density at radius 3 is 2.69 bits per heavy atom. The van der Waals surface area contributed by atoms with E-state index < -0.39 is 0 Å². The number of methoxy groups -OCH3 is 2. The first-order chi connectivity index (χ1) is 17.1. The van der Waals surface area contributed by atoms with Crippen LogP contribution in [0.25, 0.3) is 0 Å². The van der Waals surface area contributed by atoms with Gasteiger partial charge in [-0.2, -0.15) is 0 Å². The van der Waals surface area contributed by atoms with Gasteiger partial charge in [-0.05, 0) is 67.6 Å². The molecule has 8 heteroatoms. The van der Waals surface area contributed by atoms with Crippen LogP contribution in [0.1, 0.15) is 30.4 Å². The van der Waals surface area contributed by atoms with Crippen LogP contribution >= 0.6 is 11.8 Å². The van der Waals surface area contributed by atoms with Gasteiger partial charge in [0.25, 0.3) is 0 Å². The average molecular weight is 499 g/mol. The number of ether oxygens (including phenoxy) is 4. The minimum absolute atomic E-state index is 0.229. The first-order valence-corrected chi connectivity index (χ1v) is 13.4. The van der Waals surface area contributed by atoms with Gasteiger partial charge in [-0.3, -0.25) is 4.79 Å². The number of piperidine rings is 1. The van der Waals surface area contributed by atoms with Crippen LogP contribution in [0.5, 0.6) is 23.0 Å². The highest BCUT2D eigenvalue weighted by molar-refractivity contribution is 7.99. The Balaban J connectivity index is 1.11. The lowest BCUT2D eigenvalue weighted by Crippen LogP contribution is -2.38. The fraction of sp³-hybridized carbons (Fsp3) is 0.519. The molecular weight excluding hydrogens is 464 g/mol. The van der Waals surface area contributed by atoms with Crippen molar-refractivity contribution in [3.8, 4) is 23.0 Å². The number of carbonyl (C=O) groups excluding carboxylic acids is 1. The Hall–Kier alpha value is -2.58. The summed E-state index contributed by atoms with van der Waals surface area (Å²) in [6, 6.07) is 10.2. The third-order valence-electron chi connectivity index (χ3n) is 7.24. The average Bonchev–Trinajstić information content (AvgIpc) is 3.28. The van der Waals surface area contributed by atoms with Crippen LogP contribution in [0, 0.1) is 5.92 Å². The second-order valence-electron chi connectivity index (χ2n) is 9.37. The molecule has 1 saturated heterocycles. The van der Waals surface area contributed by atoms with Crippen molar-refractivity contribution in [1.29, 1.82) is 0 Å². The number of rotatable bonds is 7. The number of hydrogen-bond donors (Lipinski definition) is 0. The Labute approximate surface area is 211 Å². The molecular formula is C27H34N2O5S. The van der Waals surface area contributed by atoms with Gasteiger partial charge >= 0.3 is 0 Å². The molecule has 1 amide bonds. The Morgan fingerprint density at radius 1 is 1.09 bits per heavy atom. The molecule has 0 spiro atoms. The van der Waals surface area contributed by atoms with Crippen molar-refractivity contribution in [3.63, 3.8) is 0 Å². The zero-order chi connectivity index (χ0) is 24.2. The van der Waals surface area contributed by atoms with Crippen LogP contribution in [0.2, 0.25) is 0 Å². The summed E-state index contributed by atoms with van der Waals surface area (Å²) < 4.78 is 22.1. The molecule has 1 fully saturated rings. The number of fused-ring (bicyclic) bond motifs is 2. The maximum atomic E-state index is 13.1. The van der Waals surface area contributed by atoms with Crippen LogP contribution in [0.15, 0.2) is 35.2 Å². The second kappa shape index (κ2) is 11.0. The van der Waals surface area contributed by atoms with Crippen molar-refractivity contribution in [3.05, 3.63) is 41.5 Å². The summed E-state index contributed by atoms with van der Waals surface area (Å²) in [5, 5.41) is 0. The molecule has 0 aromatic heterocycles. The summed E-state index contributed by atoms with van der Waals surface area (Å²) in [6.07, 6.45) is 3.88. The van der Waals surface area contributed by atoms with E-state index in [0.29, 0.717) is 31.4 Å². The fourth-order valence-corrected chi connectivity index (χ4v) is 6.24. The van der Waals surface area contributed by atoms with E-state index >= 15 is 0 Å². The topological polar surface area (TPSA) is 60.5 Å². The molecule has 2 aromatic carbocycles. The highest BCUT2D eigenvalue weighted by atomic mass is 32.2. The third-order valence-corrected chi connectivity index (χ3v) is 8.31. The van der Waals surface area contributed by atoms with Crippen LogP contribution in [0.4, 0.5) is 0 Å². The monoisotopic (exact) mass is 498 g/mol. The van der Waals surface area contributed by atoms with Gasteiger partial charge in [0, 0.05) is 36.7 Å². The van der Waals surface area contributed by atoms with E-state index in [4.69, 9.17) is 18.9 Å². The predicted molar refractivity (Wildman–Crippen MR) is 136 cm³/mol. The van der Waals surface area contributed by atoms with Gasteiger partial charge in [0.2, 0.25) is 12.7 Å². The molecule has 7 nitrogen and oxygen atoms in total. The number of hydrogen-bond acceptors (Lipinski definition) is 7. The molecule has 0 aliphatic carbocycles. The molecule has 35 heavy (non-hydrogen) atoms. The van der Waals surface area contributed by atoms with E-state index in [1.807, 2.05) is 23.1 Å². The number of carbonyl (C=O) groups is 1. The molecule has 5 rings (SSSR count). The van der Waals surface area contributed by atoms with Gasteiger partial charge in [-0.1, -0.05) is 12.1 Å². The normalized spacial score (nSPS) is 18.2. The number of benzene rings is 2. The van der Waals surface area contributed by atoms with Crippen molar-refractivity contribution in [2.75, 3.05) is 52.9 Å². The summed E-state index contributed by atoms with van der Waals surface area (Å²) in [6.45, 7) is 4.61. The highest BCUT2D eigenvalue weighted by Gasteiger charge is 2.25. The van der Waals surface area contributed by atoms with Gasteiger partial charge in [0.05, 0.1) is 14.2 Å². The van der Waals surface area contributed by atoms with E-state index in [-0.39, 0.29) is 5.91 Å². The first kappa shape index (κ1) is 24.1. The molecule has 3 aliphatic heterocycles. The molecule has 3 heterocycles. The first-order valence-electron chi connectivity index (χ1n) is 12.4. The second-order valence-corrected chi connectivity index (χ2v) is 10.5. The van der Waals surface area contributed by atoms with Crippen LogP contribution in [0.3, 0.4) is 0 Å². The van der Waals surface area contributed by atoms with E-state index in [1.54, 1.807) is 26.0 Å². The molecule has 0 saturated carbocycles. The molecule has 0 unspecified atom stereocenters. The quantitative estimate of drug-likeness (QED) is 0.567. The van der Waals surface area contributed by atoms with Crippen LogP contribution < -0.4 is 18.9 Å². The molecule has 0 N–H and O–H groups in total. The highest BCUT2D eigenvalue weighted by Crippen LogP contribution is 2.38. The third kappa shape index (κ3) is 5.48. The van der Waals surface area contributed by atoms with Gasteiger partial charge in [-0.15, -0.1) is 11.8 Å². The number of thioether (sulfide) groups is 1. The maximum absolute atomic E-state index is 13.1. The summed E-state index contributed by atoms with van der Waals surface area (Å²) in [7, 11) is 3.30. The van der Waals surface area contributed by atoms with Gasteiger partial charge in [0.15, 0.2) is 23.0 Å². The SMILES string of the molecule is COc1cc2c(cc1OC)SCCN(C(=O)CCN1CCC(Cc3cccc4c3OCO4)CC1)C2. The lowest BCUT2D eigenvalue weighted by atomic mass is 9.89. The Morgan fingerprint density at radius 2 is 1.89 bits per heavy atom. The van der Waals surface area contributed by atoms with Crippen LogP contribution in [-0.4, -0.2) is 68.7 Å². The molecule has 3 aliphatic rings. The van der Waals surface area contributed by atoms with Crippen molar-refractivity contribution >= 4 is 17.7 Å². The number of para-hydroxylation sites is 1. The smallest absolute Gasteiger partial charge is 0.231 e. The Kier molecular flexibility index (Phi) is 7.58. The van der Waals surface area contributed by atoms with E-state index in [2.05, 4.69) is 17.0 Å². The van der Waals surface area contributed by atoms with Crippen molar-refractivity contribution in [2.24, 2.45) is 5.92 Å². The van der Waals surface area contributed by atoms with E-state index in [1.165, 1.54) is 10.5 Å². The van der Waals surface area contributed by atoms with E-state index in [9.17, 15) is 4.79 Å². The molecule has 0 radical (unpaired) electrons. The zero-order valence-electron chi connectivity index (χ0n) is 20.6. The van der Waals surface area contributed by atoms with Crippen molar-refractivity contribution in [1.82, 2.24) is 9.80 Å². The predicted octanol–water partition coefficient (Wildman–Crippen LogP) is 4.21. The van der Waals surface area contributed by atoms with Gasteiger partial charge in [-0.25, -0.2) is 0 Å². The van der Waals surface area contributed by atoms with Gasteiger partial charge < -0.3 is 28.7 Å². The standard InChI is InChI=1S/C27H34N2O5S/c1-31-23-15-21-17-29(12-13-35-25(21)16-24(23)32-2)26(30)8-11-28-9-6-19(7-10-28)14-20-4-3-5-22-27(20)34-18-33-22/h3-5,15-16,19H,6-14,17-18H2,1-2H3. The van der Waals surface area contributed by atoms with Crippen molar-refractivity contribution < 1.29 is 23.7 Å². The largest absolute Gasteiger partial charge is 0.493 e. The van der Waals surface area contributed by atoms with E-state index in [0.717, 1.165) is 74.0 Å². The Bertz CT molecular complexity index is 1050. The fourth-order valence-electron chi connectivity index (χ4n) is 5.21. The number of amides is 1. The summed E-state index contributed by atoms with van der Waals surface area (Å²) in [5.41, 5.74) is 2.38. The minimum Gasteiger partial charge on any atom is -0.493 e. The molecule has 0 atom stereocenters. The zero-order valence-corrected chi connectivity index (χ0v) is 21.4. The lowest BCUT2D eigenvalue weighted by Gasteiger charge is -2.32. The molecule has 0 bridgehead atoms. The van der Waals surface area contributed by atoms with Crippen LogP contribution in [-0.2, 0) is 17.8 Å². The van der Waals surface area contributed by atoms with Crippen molar-refractivity contribution in [2.45, 2.75) is 37.1 Å². The summed E-state index contributed by atoms with van der Waals surface area (Å²) in [5.74, 6) is 5.00. The van der Waals surface area contributed by atoms with Gasteiger partial charge in [0.1, 0.15) is 0 Å². The molecule has 2 aromatic rings.